The predicted molar refractivity (Wildman–Crippen MR) is 79.0 cm³/mol. The monoisotopic (exact) mass is 289 g/mol. The normalized spacial score (nSPS) is 10.2. The van der Waals surface area contributed by atoms with E-state index in [1.807, 2.05) is 0 Å². The van der Waals surface area contributed by atoms with Crippen LogP contribution in [-0.2, 0) is 4.74 Å². The Balaban J connectivity index is 1.93. The minimum absolute atomic E-state index is 0.308. The van der Waals surface area contributed by atoms with Gasteiger partial charge in [0.1, 0.15) is 11.6 Å². The molecule has 0 bridgehead atoms. The Kier molecular flexibility index (Phi) is 5.22. The number of methoxy groups -OCH3 is 1. The van der Waals surface area contributed by atoms with Crippen LogP contribution >= 0.6 is 0 Å². The van der Waals surface area contributed by atoms with Gasteiger partial charge in [-0.2, -0.15) is 0 Å². The second-order valence-corrected chi connectivity index (χ2v) is 4.31. The Morgan fingerprint density at radius 2 is 2.00 bits per heavy atom. The lowest BCUT2D eigenvalue weighted by molar-refractivity contribution is 0.102. The topological polar surface area (TPSA) is 63.2 Å². The molecule has 1 heterocycles. The highest BCUT2D eigenvalue weighted by Gasteiger charge is 2.06. The summed E-state index contributed by atoms with van der Waals surface area (Å²) in [6.45, 7) is 1.25. The quantitative estimate of drug-likeness (QED) is 0.802. The number of carbonyl (C=O) groups excluding carboxylic acids is 1. The predicted octanol–water partition coefficient (Wildman–Crippen LogP) is 2.53. The first-order chi connectivity index (χ1) is 10.2. The van der Waals surface area contributed by atoms with E-state index in [9.17, 15) is 9.18 Å². The number of aromatic nitrogens is 1. The van der Waals surface area contributed by atoms with Crippen LogP contribution in [0.4, 0.5) is 15.9 Å². The third-order valence-corrected chi connectivity index (χ3v) is 2.74. The Hall–Kier alpha value is -2.47. The fourth-order valence-electron chi connectivity index (χ4n) is 1.66. The maximum Gasteiger partial charge on any atom is 0.255 e. The van der Waals surface area contributed by atoms with Gasteiger partial charge in [0.05, 0.1) is 18.5 Å². The van der Waals surface area contributed by atoms with Crippen molar-refractivity contribution in [3.8, 4) is 0 Å². The number of anilines is 2. The highest BCUT2D eigenvalue weighted by atomic mass is 19.1. The second kappa shape index (κ2) is 7.35. The molecule has 1 amide bonds. The molecular weight excluding hydrogens is 273 g/mol. The van der Waals surface area contributed by atoms with Crippen molar-refractivity contribution < 1.29 is 13.9 Å². The molecule has 2 rings (SSSR count). The fourth-order valence-corrected chi connectivity index (χ4v) is 1.66. The van der Waals surface area contributed by atoms with E-state index in [0.29, 0.717) is 30.2 Å². The molecule has 2 N–H and O–H groups in total. The average Bonchev–Trinajstić information content (AvgIpc) is 2.50. The molecule has 0 saturated carbocycles. The molecule has 6 heteroatoms. The molecule has 21 heavy (non-hydrogen) atoms. The highest BCUT2D eigenvalue weighted by molar-refractivity contribution is 6.04. The van der Waals surface area contributed by atoms with Crippen LogP contribution in [0, 0.1) is 5.82 Å². The van der Waals surface area contributed by atoms with E-state index < -0.39 is 0 Å². The number of benzene rings is 1. The van der Waals surface area contributed by atoms with Gasteiger partial charge in [-0.3, -0.25) is 4.79 Å². The van der Waals surface area contributed by atoms with Crippen LogP contribution in [0.15, 0.2) is 42.6 Å². The summed E-state index contributed by atoms with van der Waals surface area (Å²) < 4.78 is 17.7. The minimum atomic E-state index is -0.375. The zero-order valence-electron chi connectivity index (χ0n) is 11.6. The summed E-state index contributed by atoms with van der Waals surface area (Å²) in [5.41, 5.74) is 0.959. The molecule has 1 aromatic carbocycles. The molecule has 5 nitrogen and oxygen atoms in total. The molecule has 2 aromatic rings. The zero-order chi connectivity index (χ0) is 15.1. The Morgan fingerprint density at radius 1 is 1.24 bits per heavy atom. The highest BCUT2D eigenvalue weighted by Crippen LogP contribution is 2.11. The van der Waals surface area contributed by atoms with Crippen molar-refractivity contribution in [1.29, 1.82) is 0 Å². The van der Waals surface area contributed by atoms with Crippen molar-refractivity contribution in [2.75, 3.05) is 30.9 Å². The van der Waals surface area contributed by atoms with Gasteiger partial charge in [0.25, 0.3) is 5.91 Å². The summed E-state index contributed by atoms with van der Waals surface area (Å²) in [5, 5.41) is 5.77. The molecule has 110 valence electrons. The number of carbonyl (C=O) groups is 1. The van der Waals surface area contributed by atoms with Gasteiger partial charge >= 0.3 is 0 Å². The number of nitrogens with zero attached hydrogens (tertiary/aromatic N) is 1. The number of pyridine rings is 1. The number of nitrogens with one attached hydrogen (secondary N) is 2. The van der Waals surface area contributed by atoms with Crippen LogP contribution in [0.1, 0.15) is 10.4 Å². The van der Waals surface area contributed by atoms with E-state index in [4.69, 9.17) is 4.74 Å². The first-order valence-electron chi connectivity index (χ1n) is 6.45. The molecule has 0 saturated heterocycles. The van der Waals surface area contributed by atoms with Gasteiger partial charge in [-0.05, 0) is 36.4 Å². The Labute approximate surface area is 122 Å². The third kappa shape index (κ3) is 4.54. The molecule has 0 aliphatic rings. The van der Waals surface area contributed by atoms with Crippen molar-refractivity contribution in [2.45, 2.75) is 0 Å². The number of rotatable bonds is 6. The van der Waals surface area contributed by atoms with Gasteiger partial charge in [0.2, 0.25) is 0 Å². The van der Waals surface area contributed by atoms with Crippen molar-refractivity contribution in [3.63, 3.8) is 0 Å². The molecule has 0 spiro atoms. The molecule has 1 aromatic heterocycles. The van der Waals surface area contributed by atoms with Crippen LogP contribution in [0.3, 0.4) is 0 Å². The summed E-state index contributed by atoms with van der Waals surface area (Å²) in [6, 6.07) is 8.85. The third-order valence-electron chi connectivity index (χ3n) is 2.74. The summed E-state index contributed by atoms with van der Waals surface area (Å²) in [4.78, 5) is 16.1. The summed E-state index contributed by atoms with van der Waals surface area (Å²) >= 11 is 0. The van der Waals surface area contributed by atoms with Crippen molar-refractivity contribution in [3.05, 3.63) is 54.0 Å². The summed E-state index contributed by atoms with van der Waals surface area (Å²) in [7, 11) is 1.63. The number of ether oxygens (including phenoxy) is 1. The average molecular weight is 289 g/mol. The van der Waals surface area contributed by atoms with Crippen LogP contribution in [0.5, 0.6) is 0 Å². The van der Waals surface area contributed by atoms with E-state index >= 15 is 0 Å². The lowest BCUT2D eigenvalue weighted by Crippen LogP contribution is -2.12. The van der Waals surface area contributed by atoms with Gasteiger partial charge in [-0.15, -0.1) is 0 Å². The summed E-state index contributed by atoms with van der Waals surface area (Å²) in [6.07, 6.45) is 1.55. The van der Waals surface area contributed by atoms with Crippen molar-refractivity contribution in [2.24, 2.45) is 0 Å². The van der Waals surface area contributed by atoms with Crippen LogP contribution in [0.25, 0.3) is 0 Å². The SMILES string of the molecule is COCCNc1ccc(NC(=O)c2ccc(F)cc2)cn1. The van der Waals surface area contributed by atoms with Crippen LogP contribution in [0.2, 0.25) is 0 Å². The van der Waals surface area contributed by atoms with E-state index in [0.717, 1.165) is 0 Å². The lowest BCUT2D eigenvalue weighted by Gasteiger charge is -2.07. The van der Waals surface area contributed by atoms with E-state index in [1.165, 1.54) is 24.3 Å². The first-order valence-corrected chi connectivity index (χ1v) is 6.45. The van der Waals surface area contributed by atoms with Gasteiger partial charge in [-0.1, -0.05) is 0 Å². The van der Waals surface area contributed by atoms with Crippen molar-refractivity contribution >= 4 is 17.4 Å². The molecule has 0 aliphatic carbocycles. The van der Waals surface area contributed by atoms with Gasteiger partial charge < -0.3 is 15.4 Å². The van der Waals surface area contributed by atoms with E-state index in [2.05, 4.69) is 15.6 Å². The molecule has 0 radical (unpaired) electrons. The van der Waals surface area contributed by atoms with Crippen LogP contribution in [-0.4, -0.2) is 31.2 Å². The van der Waals surface area contributed by atoms with Gasteiger partial charge in [0, 0.05) is 19.2 Å². The number of halogens is 1. The Morgan fingerprint density at radius 3 is 2.62 bits per heavy atom. The van der Waals surface area contributed by atoms with Crippen LogP contribution < -0.4 is 10.6 Å². The largest absolute Gasteiger partial charge is 0.383 e. The molecule has 0 unspecified atom stereocenters. The first kappa shape index (κ1) is 14.9. The molecular formula is C15H16FN3O2. The number of hydrogen-bond donors (Lipinski definition) is 2. The van der Waals surface area contributed by atoms with E-state index in [1.54, 1.807) is 25.4 Å². The summed E-state index contributed by atoms with van der Waals surface area (Å²) in [5.74, 6) is 0.0171. The standard InChI is InChI=1S/C15H16FN3O2/c1-21-9-8-17-14-7-6-13(10-18-14)19-15(20)11-2-4-12(16)5-3-11/h2-7,10H,8-9H2,1H3,(H,17,18)(H,19,20). The number of amides is 1. The van der Waals surface area contributed by atoms with E-state index in [-0.39, 0.29) is 11.7 Å². The zero-order valence-corrected chi connectivity index (χ0v) is 11.6. The minimum Gasteiger partial charge on any atom is -0.383 e. The lowest BCUT2D eigenvalue weighted by atomic mass is 10.2. The maximum absolute atomic E-state index is 12.8. The number of hydrogen-bond acceptors (Lipinski definition) is 4. The van der Waals surface area contributed by atoms with Crippen molar-refractivity contribution in [1.82, 2.24) is 4.98 Å². The second-order valence-electron chi connectivity index (χ2n) is 4.31. The molecule has 0 fully saturated rings. The Bertz CT molecular complexity index is 585. The van der Waals surface area contributed by atoms with Gasteiger partial charge in [-0.25, -0.2) is 9.37 Å². The maximum atomic E-state index is 12.8. The smallest absolute Gasteiger partial charge is 0.255 e. The fraction of sp³-hybridized carbons (Fsp3) is 0.200. The van der Waals surface area contributed by atoms with Gasteiger partial charge in [0.15, 0.2) is 0 Å². The molecule has 0 atom stereocenters. The molecule has 0 aliphatic heterocycles.